The van der Waals surface area contributed by atoms with E-state index >= 15 is 4.39 Å². The lowest BCUT2D eigenvalue weighted by atomic mass is 10.0. The standard InChI is InChI=1S/C26H33F2N3O2/c1-18(2)17-33-23-8-4-19(5-9-23)13-30-14-20-6-7-22(27)12-21(20)15-31(26(30)32)25-10-11-29(3)16-24(25)28/h4-9,12,18,24-25H,10-11,13-17H2,1-3H3/t24-,25+/m1/s1. The molecule has 2 heterocycles. The van der Waals surface area contributed by atoms with E-state index in [1.807, 2.05) is 36.2 Å². The second-order valence-electron chi connectivity index (χ2n) is 9.66. The Hall–Kier alpha value is -2.67. The molecule has 178 valence electrons. The second-order valence-corrected chi connectivity index (χ2v) is 9.66. The van der Waals surface area contributed by atoms with Gasteiger partial charge in [-0.1, -0.05) is 32.0 Å². The molecule has 0 bridgehead atoms. The SMILES string of the molecule is CC(C)COc1ccc(CN2Cc3ccc(F)cc3CN([C@H]3CCN(C)C[C@H]3F)C2=O)cc1. The van der Waals surface area contributed by atoms with Gasteiger partial charge in [-0.3, -0.25) is 0 Å². The third kappa shape index (κ3) is 5.64. The summed E-state index contributed by atoms with van der Waals surface area (Å²) in [6.07, 6.45) is -0.578. The molecule has 1 fully saturated rings. The summed E-state index contributed by atoms with van der Waals surface area (Å²) in [6, 6.07) is 11.6. The fourth-order valence-corrected chi connectivity index (χ4v) is 4.55. The molecule has 7 heteroatoms. The van der Waals surface area contributed by atoms with E-state index in [1.165, 1.54) is 12.1 Å². The molecule has 5 nitrogen and oxygen atoms in total. The molecular weight excluding hydrogens is 424 g/mol. The van der Waals surface area contributed by atoms with Crippen molar-refractivity contribution in [3.63, 3.8) is 0 Å². The number of ether oxygens (including phenoxy) is 1. The summed E-state index contributed by atoms with van der Waals surface area (Å²) in [7, 11) is 1.89. The molecule has 2 aliphatic rings. The lowest BCUT2D eigenvalue weighted by Crippen LogP contribution is -2.55. The topological polar surface area (TPSA) is 36.0 Å². The van der Waals surface area contributed by atoms with Gasteiger partial charge in [0.15, 0.2) is 0 Å². The number of rotatable bonds is 6. The number of piperidine rings is 1. The van der Waals surface area contributed by atoms with E-state index in [1.54, 1.807) is 15.9 Å². The number of halogens is 2. The van der Waals surface area contributed by atoms with E-state index in [-0.39, 0.29) is 18.4 Å². The molecule has 2 aromatic carbocycles. The van der Waals surface area contributed by atoms with E-state index in [0.29, 0.717) is 38.6 Å². The molecule has 0 saturated carbocycles. The van der Waals surface area contributed by atoms with Crippen molar-refractivity contribution in [2.45, 2.75) is 52.1 Å². The van der Waals surface area contributed by atoms with E-state index < -0.39 is 12.2 Å². The second kappa shape index (κ2) is 10.1. The van der Waals surface area contributed by atoms with Gasteiger partial charge in [0.05, 0.1) is 12.6 Å². The van der Waals surface area contributed by atoms with Crippen LogP contribution in [0.5, 0.6) is 5.75 Å². The number of likely N-dealkylation sites (tertiary alicyclic amines) is 1. The summed E-state index contributed by atoms with van der Waals surface area (Å²) < 4.78 is 34.8. The van der Waals surface area contributed by atoms with Crippen LogP contribution in [-0.2, 0) is 19.6 Å². The molecule has 2 aromatic rings. The first-order valence-corrected chi connectivity index (χ1v) is 11.7. The van der Waals surface area contributed by atoms with E-state index in [0.717, 1.165) is 29.0 Å². The molecule has 0 N–H and O–H groups in total. The van der Waals surface area contributed by atoms with Crippen molar-refractivity contribution in [1.82, 2.24) is 14.7 Å². The van der Waals surface area contributed by atoms with Crippen molar-refractivity contribution in [3.8, 4) is 5.75 Å². The first-order valence-electron chi connectivity index (χ1n) is 11.7. The zero-order valence-corrected chi connectivity index (χ0v) is 19.6. The largest absolute Gasteiger partial charge is 0.493 e. The van der Waals surface area contributed by atoms with Gasteiger partial charge in [-0.05, 0) is 60.3 Å². The fourth-order valence-electron chi connectivity index (χ4n) is 4.55. The van der Waals surface area contributed by atoms with Crippen molar-refractivity contribution in [2.75, 3.05) is 26.7 Å². The van der Waals surface area contributed by atoms with Gasteiger partial charge in [0, 0.05) is 32.7 Å². The first kappa shape index (κ1) is 23.5. The lowest BCUT2D eigenvalue weighted by Gasteiger charge is -2.40. The average Bonchev–Trinajstić information content (AvgIpc) is 2.90. The fraction of sp³-hybridized carbons (Fsp3) is 0.500. The zero-order chi connectivity index (χ0) is 23.5. The van der Waals surface area contributed by atoms with Gasteiger partial charge < -0.3 is 19.4 Å². The van der Waals surface area contributed by atoms with Gasteiger partial charge in [0.2, 0.25) is 0 Å². The molecule has 1 saturated heterocycles. The van der Waals surface area contributed by atoms with Crippen molar-refractivity contribution in [3.05, 3.63) is 65.0 Å². The molecule has 0 radical (unpaired) electrons. The maximum absolute atomic E-state index is 15.0. The molecule has 0 aromatic heterocycles. The summed E-state index contributed by atoms with van der Waals surface area (Å²) in [6.45, 7) is 6.83. The van der Waals surface area contributed by atoms with Crippen LogP contribution in [0.25, 0.3) is 0 Å². The van der Waals surface area contributed by atoms with E-state index in [2.05, 4.69) is 13.8 Å². The lowest BCUT2D eigenvalue weighted by molar-refractivity contribution is 0.0461. The predicted molar refractivity (Wildman–Crippen MR) is 124 cm³/mol. The minimum Gasteiger partial charge on any atom is -0.493 e. The Kier molecular flexibility index (Phi) is 7.17. The average molecular weight is 458 g/mol. The highest BCUT2D eigenvalue weighted by molar-refractivity contribution is 5.76. The van der Waals surface area contributed by atoms with Crippen LogP contribution >= 0.6 is 0 Å². The van der Waals surface area contributed by atoms with Crippen LogP contribution in [0, 0.1) is 11.7 Å². The highest BCUT2D eigenvalue weighted by Crippen LogP contribution is 2.29. The summed E-state index contributed by atoms with van der Waals surface area (Å²) in [5.41, 5.74) is 2.60. The summed E-state index contributed by atoms with van der Waals surface area (Å²) in [4.78, 5) is 18.9. The predicted octanol–water partition coefficient (Wildman–Crippen LogP) is 4.84. The maximum atomic E-state index is 15.0. The minimum atomic E-state index is -1.14. The molecule has 0 spiro atoms. The zero-order valence-electron chi connectivity index (χ0n) is 19.6. The Labute approximate surface area is 194 Å². The molecule has 0 unspecified atom stereocenters. The van der Waals surface area contributed by atoms with E-state index in [9.17, 15) is 9.18 Å². The van der Waals surface area contributed by atoms with Gasteiger partial charge in [0.25, 0.3) is 0 Å². The van der Waals surface area contributed by atoms with Crippen LogP contribution in [0.1, 0.15) is 37.0 Å². The molecule has 2 amide bonds. The number of carbonyl (C=O) groups excluding carboxylic acids is 1. The number of hydrogen-bond donors (Lipinski definition) is 0. The number of fused-ring (bicyclic) bond motifs is 1. The Bertz CT molecular complexity index is 967. The molecule has 2 atom stereocenters. The highest BCUT2D eigenvalue weighted by Gasteiger charge is 2.38. The molecule has 4 rings (SSSR count). The van der Waals surface area contributed by atoms with Crippen LogP contribution in [0.4, 0.5) is 13.6 Å². The van der Waals surface area contributed by atoms with Crippen LogP contribution in [-0.4, -0.2) is 59.7 Å². The number of urea groups is 1. The maximum Gasteiger partial charge on any atom is 0.321 e. The number of benzene rings is 2. The van der Waals surface area contributed by atoms with Crippen molar-refractivity contribution in [1.29, 1.82) is 0 Å². The molecular formula is C26H33F2N3O2. The highest BCUT2D eigenvalue weighted by atomic mass is 19.1. The summed E-state index contributed by atoms with van der Waals surface area (Å²) in [5, 5.41) is 0. The van der Waals surface area contributed by atoms with Gasteiger partial charge >= 0.3 is 6.03 Å². The normalized spacial score (nSPS) is 21.8. The molecule has 0 aliphatic carbocycles. The van der Waals surface area contributed by atoms with Crippen LogP contribution in [0.15, 0.2) is 42.5 Å². The van der Waals surface area contributed by atoms with Crippen LogP contribution in [0.2, 0.25) is 0 Å². The minimum absolute atomic E-state index is 0.205. The smallest absolute Gasteiger partial charge is 0.321 e. The van der Waals surface area contributed by atoms with E-state index in [4.69, 9.17) is 4.74 Å². The summed E-state index contributed by atoms with van der Waals surface area (Å²) in [5.74, 6) is 0.893. The Morgan fingerprint density at radius 3 is 2.55 bits per heavy atom. The number of nitrogens with zero attached hydrogens (tertiary/aromatic N) is 3. The quantitative estimate of drug-likeness (QED) is 0.623. The molecule has 2 aliphatic heterocycles. The van der Waals surface area contributed by atoms with Crippen molar-refractivity contribution < 1.29 is 18.3 Å². The van der Waals surface area contributed by atoms with Gasteiger partial charge in [-0.15, -0.1) is 0 Å². The molecule has 33 heavy (non-hydrogen) atoms. The summed E-state index contributed by atoms with van der Waals surface area (Å²) >= 11 is 0. The number of hydrogen-bond acceptors (Lipinski definition) is 3. The number of alkyl halides is 1. The number of amides is 2. The van der Waals surface area contributed by atoms with Gasteiger partial charge in [-0.25, -0.2) is 13.6 Å². The Morgan fingerprint density at radius 1 is 1.09 bits per heavy atom. The van der Waals surface area contributed by atoms with Crippen molar-refractivity contribution in [2.24, 2.45) is 5.92 Å². The first-order chi connectivity index (χ1) is 15.8. The Morgan fingerprint density at radius 2 is 1.85 bits per heavy atom. The number of carbonyl (C=O) groups is 1. The van der Waals surface area contributed by atoms with Gasteiger partial charge in [0.1, 0.15) is 17.7 Å². The Balaban J connectivity index is 1.57. The van der Waals surface area contributed by atoms with Crippen LogP contribution in [0.3, 0.4) is 0 Å². The van der Waals surface area contributed by atoms with Crippen molar-refractivity contribution >= 4 is 6.03 Å². The monoisotopic (exact) mass is 457 g/mol. The van der Waals surface area contributed by atoms with Gasteiger partial charge in [-0.2, -0.15) is 0 Å². The third-order valence-electron chi connectivity index (χ3n) is 6.38. The third-order valence-corrected chi connectivity index (χ3v) is 6.38. The van der Waals surface area contributed by atoms with Crippen LogP contribution < -0.4 is 4.74 Å².